The number of aromatic nitrogens is 1. The van der Waals surface area contributed by atoms with Crippen molar-refractivity contribution in [1.29, 1.82) is 0 Å². The van der Waals surface area contributed by atoms with Gasteiger partial charge in [0.05, 0.1) is 5.69 Å². The summed E-state index contributed by atoms with van der Waals surface area (Å²) >= 11 is 1.86. The molecule has 2 heterocycles. The molecule has 0 N–H and O–H groups in total. The minimum atomic E-state index is 1.10. The van der Waals surface area contributed by atoms with Crippen LogP contribution in [0.3, 0.4) is 0 Å². The fourth-order valence-electron chi connectivity index (χ4n) is 3.76. The Labute approximate surface area is 150 Å². The molecule has 2 aromatic heterocycles. The first-order valence-corrected chi connectivity index (χ1v) is 9.31. The van der Waals surface area contributed by atoms with Crippen LogP contribution in [0.4, 0.5) is 0 Å². The molecule has 5 aromatic rings. The second-order valence-corrected chi connectivity index (χ2v) is 7.76. The summed E-state index contributed by atoms with van der Waals surface area (Å²) in [6.07, 6.45) is 1.94. The average Bonchev–Trinajstić information content (AvgIpc) is 2.95. The summed E-state index contributed by atoms with van der Waals surface area (Å²) in [6.45, 7) is 4.41. The summed E-state index contributed by atoms with van der Waals surface area (Å²) in [5.41, 5.74) is 3.67. The number of hydrogen-bond donors (Lipinski definition) is 0. The van der Waals surface area contributed by atoms with E-state index in [4.69, 9.17) is 4.98 Å². The summed E-state index contributed by atoms with van der Waals surface area (Å²) < 4.78 is 1.32. The van der Waals surface area contributed by atoms with Crippen molar-refractivity contribution in [2.75, 3.05) is 0 Å². The van der Waals surface area contributed by atoms with Crippen LogP contribution in [0.25, 0.3) is 42.9 Å². The van der Waals surface area contributed by atoms with E-state index in [0.29, 0.717) is 0 Å². The van der Waals surface area contributed by atoms with Crippen LogP contribution < -0.4 is 0 Å². The lowest BCUT2D eigenvalue weighted by Gasteiger charge is -2.11. The van der Waals surface area contributed by atoms with Gasteiger partial charge in [-0.3, -0.25) is 4.98 Å². The van der Waals surface area contributed by atoms with E-state index < -0.39 is 0 Å². The molecule has 0 aliphatic rings. The van der Waals surface area contributed by atoms with Crippen molar-refractivity contribution < 1.29 is 0 Å². The van der Waals surface area contributed by atoms with E-state index in [9.17, 15) is 0 Å². The molecule has 0 unspecified atom stereocenters. The molecule has 0 aliphatic heterocycles. The summed E-state index contributed by atoms with van der Waals surface area (Å²) in [5.74, 6) is 0. The quantitative estimate of drug-likeness (QED) is 0.303. The Morgan fingerprint density at radius 1 is 0.800 bits per heavy atom. The highest BCUT2D eigenvalue weighted by atomic mass is 32.1. The van der Waals surface area contributed by atoms with Crippen molar-refractivity contribution in [2.24, 2.45) is 0 Å². The number of benzene rings is 3. The maximum absolute atomic E-state index is 4.81. The molecule has 0 aliphatic carbocycles. The van der Waals surface area contributed by atoms with Crippen molar-refractivity contribution in [3.05, 3.63) is 77.3 Å². The Kier molecular flexibility index (Phi) is 3.16. The van der Waals surface area contributed by atoms with Crippen LogP contribution in [-0.4, -0.2) is 4.98 Å². The van der Waals surface area contributed by atoms with E-state index >= 15 is 0 Å². The van der Waals surface area contributed by atoms with Crippen LogP contribution in [0.1, 0.15) is 10.4 Å². The molecule has 0 fully saturated rings. The summed E-state index contributed by atoms with van der Waals surface area (Å²) in [5, 5.41) is 6.42. The van der Waals surface area contributed by atoms with Gasteiger partial charge in [0.1, 0.15) is 0 Å². The van der Waals surface area contributed by atoms with E-state index in [1.807, 2.05) is 17.5 Å². The van der Waals surface area contributed by atoms with Gasteiger partial charge in [-0.25, -0.2) is 0 Å². The molecular formula is C23H17NS. The summed E-state index contributed by atoms with van der Waals surface area (Å²) in [6, 6.07) is 21.7. The van der Waals surface area contributed by atoms with Gasteiger partial charge in [0.15, 0.2) is 0 Å². The van der Waals surface area contributed by atoms with Gasteiger partial charge in [0.2, 0.25) is 0 Å². The highest BCUT2D eigenvalue weighted by Crippen LogP contribution is 2.40. The molecule has 2 heteroatoms. The van der Waals surface area contributed by atoms with Crippen LogP contribution in [-0.2, 0) is 0 Å². The third-order valence-electron chi connectivity index (χ3n) is 5.10. The molecule has 5 rings (SSSR count). The lowest BCUT2D eigenvalue weighted by atomic mass is 9.94. The van der Waals surface area contributed by atoms with E-state index in [0.717, 1.165) is 5.69 Å². The number of thiophene rings is 1. The van der Waals surface area contributed by atoms with E-state index in [-0.39, 0.29) is 0 Å². The number of pyridine rings is 1. The van der Waals surface area contributed by atoms with Gasteiger partial charge in [-0.2, -0.15) is 0 Å². The molecule has 0 bridgehead atoms. The van der Waals surface area contributed by atoms with Crippen molar-refractivity contribution in [2.45, 2.75) is 13.8 Å². The standard InChI is InChI=1S/C23H17NS/c1-14-15(2)25-21-11-12-24-23(22(14)21)20-13-16-7-3-4-8-17(16)18-9-5-6-10-19(18)20/h3-13H,1-2H3. The van der Waals surface area contributed by atoms with Gasteiger partial charge in [0, 0.05) is 26.7 Å². The largest absolute Gasteiger partial charge is 0.255 e. The Bertz CT molecular complexity index is 1260. The summed E-state index contributed by atoms with van der Waals surface area (Å²) in [4.78, 5) is 6.18. The van der Waals surface area contributed by atoms with Gasteiger partial charge in [-0.15, -0.1) is 11.3 Å². The molecular weight excluding hydrogens is 322 g/mol. The molecule has 0 saturated heterocycles. The van der Waals surface area contributed by atoms with Crippen LogP contribution in [0.2, 0.25) is 0 Å². The first-order chi connectivity index (χ1) is 12.2. The predicted octanol–water partition coefficient (Wildman–Crippen LogP) is 6.89. The maximum atomic E-state index is 4.81. The number of fused-ring (bicyclic) bond motifs is 4. The average molecular weight is 339 g/mol. The molecule has 25 heavy (non-hydrogen) atoms. The van der Waals surface area contributed by atoms with Crippen molar-refractivity contribution >= 4 is 43.0 Å². The van der Waals surface area contributed by atoms with Gasteiger partial charge in [-0.05, 0) is 53.1 Å². The first kappa shape index (κ1) is 14.6. The molecule has 0 saturated carbocycles. The van der Waals surface area contributed by atoms with Gasteiger partial charge < -0.3 is 0 Å². The number of aryl methyl sites for hydroxylation is 2. The van der Waals surface area contributed by atoms with Gasteiger partial charge >= 0.3 is 0 Å². The zero-order valence-corrected chi connectivity index (χ0v) is 15.0. The van der Waals surface area contributed by atoms with E-state index in [2.05, 4.69) is 74.5 Å². The minimum absolute atomic E-state index is 1.10. The van der Waals surface area contributed by atoms with Gasteiger partial charge in [-0.1, -0.05) is 48.5 Å². The van der Waals surface area contributed by atoms with Crippen LogP contribution >= 0.6 is 11.3 Å². The molecule has 120 valence electrons. The smallest absolute Gasteiger partial charge is 0.0797 e. The van der Waals surface area contributed by atoms with Crippen molar-refractivity contribution in [1.82, 2.24) is 4.98 Å². The third-order valence-corrected chi connectivity index (χ3v) is 6.27. The Balaban J connectivity index is 1.99. The van der Waals surface area contributed by atoms with Crippen molar-refractivity contribution in [3.8, 4) is 11.3 Å². The summed E-state index contributed by atoms with van der Waals surface area (Å²) in [7, 11) is 0. The van der Waals surface area contributed by atoms with E-state index in [1.165, 1.54) is 47.6 Å². The highest BCUT2D eigenvalue weighted by molar-refractivity contribution is 7.19. The van der Waals surface area contributed by atoms with E-state index in [1.54, 1.807) is 0 Å². The fourth-order valence-corrected chi connectivity index (χ4v) is 4.83. The zero-order chi connectivity index (χ0) is 17.0. The topological polar surface area (TPSA) is 12.9 Å². The van der Waals surface area contributed by atoms with Crippen LogP contribution in [0.15, 0.2) is 66.9 Å². The third kappa shape index (κ3) is 2.11. The number of rotatable bonds is 1. The van der Waals surface area contributed by atoms with Crippen LogP contribution in [0, 0.1) is 13.8 Å². The Morgan fingerprint density at radius 3 is 2.36 bits per heavy atom. The second kappa shape index (κ2) is 5.40. The lowest BCUT2D eigenvalue weighted by molar-refractivity contribution is 1.36. The molecule has 1 nitrogen and oxygen atoms in total. The first-order valence-electron chi connectivity index (χ1n) is 8.49. The van der Waals surface area contributed by atoms with Gasteiger partial charge in [0.25, 0.3) is 0 Å². The molecule has 0 amide bonds. The molecule has 0 spiro atoms. The highest BCUT2D eigenvalue weighted by Gasteiger charge is 2.15. The normalized spacial score (nSPS) is 11.6. The maximum Gasteiger partial charge on any atom is 0.0797 e. The molecule has 0 radical (unpaired) electrons. The SMILES string of the molecule is Cc1sc2ccnc(-c3cc4ccccc4c4ccccc34)c2c1C. The van der Waals surface area contributed by atoms with Crippen molar-refractivity contribution in [3.63, 3.8) is 0 Å². The number of hydrogen-bond acceptors (Lipinski definition) is 2. The molecule has 3 aromatic carbocycles. The monoisotopic (exact) mass is 339 g/mol. The second-order valence-electron chi connectivity index (χ2n) is 6.51. The fraction of sp³-hybridized carbons (Fsp3) is 0.0870. The molecule has 0 atom stereocenters. The minimum Gasteiger partial charge on any atom is -0.255 e. The lowest BCUT2D eigenvalue weighted by Crippen LogP contribution is -1.89. The predicted molar refractivity (Wildman–Crippen MR) is 110 cm³/mol. The Hall–Kier alpha value is -2.71. The zero-order valence-electron chi connectivity index (χ0n) is 14.2. The van der Waals surface area contributed by atoms with Crippen LogP contribution in [0.5, 0.6) is 0 Å². The Morgan fingerprint density at radius 2 is 1.52 bits per heavy atom. The number of nitrogens with zero attached hydrogens (tertiary/aromatic N) is 1.